The fraction of sp³-hybridized carbons (Fsp3) is 0.167. The maximum Gasteiger partial charge on any atom is 0.573 e. The van der Waals surface area contributed by atoms with Crippen LogP contribution in [0.15, 0.2) is 28.7 Å². The molecule has 2 rings (SSSR count). The lowest BCUT2D eigenvalue weighted by Gasteiger charge is -2.11. The van der Waals surface area contributed by atoms with E-state index in [4.69, 9.17) is 0 Å². The van der Waals surface area contributed by atoms with E-state index >= 15 is 0 Å². The fourth-order valence-electron chi connectivity index (χ4n) is 1.41. The Balaban J connectivity index is 2.18. The first kappa shape index (κ1) is 15.2. The molecule has 1 aromatic heterocycles. The van der Waals surface area contributed by atoms with Crippen LogP contribution in [0, 0.1) is 12.7 Å². The number of rotatable bonds is 4. The van der Waals surface area contributed by atoms with Crippen LogP contribution in [0.2, 0.25) is 0 Å². The highest BCUT2D eigenvalue weighted by Gasteiger charge is 2.32. The number of aryl methyl sites for hydroxylation is 1. The van der Waals surface area contributed by atoms with E-state index < -0.39 is 23.5 Å². The van der Waals surface area contributed by atoms with Crippen molar-refractivity contribution in [2.75, 3.05) is 5.43 Å². The molecule has 0 aliphatic carbocycles. The van der Waals surface area contributed by atoms with Crippen molar-refractivity contribution in [3.8, 4) is 5.75 Å². The average Bonchev–Trinajstić information content (AvgIpc) is 2.77. The van der Waals surface area contributed by atoms with Crippen molar-refractivity contribution < 1.29 is 22.3 Å². The molecule has 0 saturated carbocycles. The molecule has 0 radical (unpaired) electrons. The molecule has 2 aromatic rings. The summed E-state index contributed by atoms with van der Waals surface area (Å²) in [4.78, 5) is 4.03. The molecule has 0 bridgehead atoms. The molecule has 4 nitrogen and oxygen atoms in total. The lowest BCUT2D eigenvalue weighted by Crippen LogP contribution is -2.18. The maximum atomic E-state index is 13.6. The van der Waals surface area contributed by atoms with Gasteiger partial charge < -0.3 is 4.74 Å². The molecule has 0 atom stereocenters. The molecular weight excluding hydrogens is 310 g/mol. The van der Waals surface area contributed by atoms with E-state index in [-0.39, 0.29) is 0 Å². The first-order valence-electron chi connectivity index (χ1n) is 5.60. The predicted molar refractivity (Wildman–Crippen MR) is 71.2 cm³/mol. The van der Waals surface area contributed by atoms with Gasteiger partial charge in [0, 0.05) is 5.38 Å². The zero-order valence-corrected chi connectivity index (χ0v) is 11.4. The van der Waals surface area contributed by atoms with Crippen molar-refractivity contribution in [3.63, 3.8) is 0 Å². The molecule has 0 amide bonds. The van der Waals surface area contributed by atoms with E-state index in [1.54, 1.807) is 12.3 Å². The zero-order chi connectivity index (χ0) is 15.5. The molecule has 0 aliphatic heterocycles. The van der Waals surface area contributed by atoms with Gasteiger partial charge in [0.1, 0.15) is 11.6 Å². The molecule has 0 saturated heterocycles. The van der Waals surface area contributed by atoms with Crippen LogP contribution in [0.1, 0.15) is 11.3 Å². The second-order valence-electron chi connectivity index (χ2n) is 3.86. The topological polar surface area (TPSA) is 46.5 Å². The van der Waals surface area contributed by atoms with Crippen molar-refractivity contribution in [1.82, 2.24) is 4.98 Å². The third-order valence-electron chi connectivity index (χ3n) is 2.21. The highest BCUT2D eigenvalue weighted by molar-refractivity contribution is 7.13. The van der Waals surface area contributed by atoms with Crippen LogP contribution in [0.3, 0.4) is 0 Å². The van der Waals surface area contributed by atoms with Gasteiger partial charge in [-0.25, -0.2) is 9.37 Å². The molecule has 112 valence electrons. The lowest BCUT2D eigenvalue weighted by molar-refractivity contribution is -0.274. The lowest BCUT2D eigenvalue weighted by atomic mass is 10.2. The Hall–Kier alpha value is -2.16. The Labute approximate surface area is 121 Å². The van der Waals surface area contributed by atoms with Gasteiger partial charge in [-0.1, -0.05) is 6.07 Å². The third-order valence-corrected chi connectivity index (χ3v) is 3.08. The molecular formula is C12H9F4N3OS. The summed E-state index contributed by atoms with van der Waals surface area (Å²) in [6.45, 7) is 1.78. The summed E-state index contributed by atoms with van der Waals surface area (Å²) < 4.78 is 54.0. The van der Waals surface area contributed by atoms with E-state index in [0.29, 0.717) is 5.13 Å². The van der Waals surface area contributed by atoms with Gasteiger partial charge in [-0.2, -0.15) is 5.10 Å². The number of benzene rings is 1. The van der Waals surface area contributed by atoms with Gasteiger partial charge in [0.2, 0.25) is 5.13 Å². The van der Waals surface area contributed by atoms with E-state index in [9.17, 15) is 17.6 Å². The van der Waals surface area contributed by atoms with Crippen molar-refractivity contribution in [2.45, 2.75) is 13.3 Å². The van der Waals surface area contributed by atoms with E-state index in [1.165, 1.54) is 11.3 Å². The average molecular weight is 319 g/mol. The van der Waals surface area contributed by atoms with Gasteiger partial charge in [0.15, 0.2) is 0 Å². The minimum absolute atomic E-state index is 0.407. The summed E-state index contributed by atoms with van der Waals surface area (Å²) >= 11 is 1.26. The number of hydrogen-bond acceptors (Lipinski definition) is 5. The summed E-state index contributed by atoms with van der Waals surface area (Å²) in [6.07, 6.45) is -4.00. The summed E-state index contributed by atoms with van der Waals surface area (Å²) in [7, 11) is 0. The van der Waals surface area contributed by atoms with Crippen LogP contribution >= 0.6 is 11.3 Å². The summed E-state index contributed by atoms with van der Waals surface area (Å²) in [5.74, 6) is -1.54. The Bertz CT molecular complexity index is 654. The summed E-state index contributed by atoms with van der Waals surface area (Å²) in [5.41, 5.74) is 2.87. The molecule has 0 spiro atoms. The van der Waals surface area contributed by atoms with Gasteiger partial charge in [-0.3, -0.25) is 5.43 Å². The maximum absolute atomic E-state index is 13.6. The van der Waals surface area contributed by atoms with Crippen LogP contribution in [0.25, 0.3) is 0 Å². The Morgan fingerprint density at radius 3 is 2.76 bits per heavy atom. The number of ether oxygens (including phenoxy) is 1. The normalized spacial score (nSPS) is 11.9. The molecule has 1 heterocycles. The van der Waals surface area contributed by atoms with E-state index in [1.807, 2.05) is 0 Å². The number of nitrogens with one attached hydrogen (secondary N) is 1. The number of nitrogens with zero attached hydrogens (tertiary/aromatic N) is 2. The first-order valence-corrected chi connectivity index (χ1v) is 6.48. The molecule has 0 aliphatic rings. The van der Waals surface area contributed by atoms with Gasteiger partial charge in [-0.15, -0.1) is 24.5 Å². The number of hydrogen-bond donors (Lipinski definition) is 1. The van der Waals surface area contributed by atoms with Crippen molar-refractivity contribution in [3.05, 3.63) is 40.7 Å². The first-order chi connectivity index (χ1) is 9.85. The van der Waals surface area contributed by atoms with E-state index in [2.05, 4.69) is 20.2 Å². The van der Waals surface area contributed by atoms with Gasteiger partial charge in [-0.05, 0) is 19.1 Å². The molecule has 1 aromatic carbocycles. The molecule has 1 N–H and O–H groups in total. The standard InChI is InChI=1S/C12H9F4N3OS/c1-7-6-21-11(18-7)19-17-5-8-9(13)3-2-4-10(8)20-12(14,15)16/h2-6H,1H3,(H,18,19). The second kappa shape index (κ2) is 6.08. The highest BCUT2D eigenvalue weighted by Crippen LogP contribution is 2.27. The van der Waals surface area contributed by atoms with Gasteiger partial charge in [0.25, 0.3) is 0 Å². The van der Waals surface area contributed by atoms with Crippen molar-refractivity contribution >= 4 is 22.7 Å². The van der Waals surface area contributed by atoms with Crippen LogP contribution in [0.5, 0.6) is 5.75 Å². The molecule has 9 heteroatoms. The van der Waals surface area contributed by atoms with Gasteiger partial charge in [0.05, 0.1) is 17.5 Å². The number of thiazole rings is 1. The minimum atomic E-state index is -4.91. The van der Waals surface area contributed by atoms with Crippen molar-refractivity contribution in [1.29, 1.82) is 0 Å². The minimum Gasteiger partial charge on any atom is -0.405 e. The highest BCUT2D eigenvalue weighted by atomic mass is 32.1. The molecule has 0 unspecified atom stereocenters. The Kier molecular flexibility index (Phi) is 4.41. The number of anilines is 1. The number of aromatic nitrogens is 1. The smallest absolute Gasteiger partial charge is 0.405 e. The molecule has 21 heavy (non-hydrogen) atoms. The summed E-state index contributed by atoms with van der Waals surface area (Å²) in [5, 5.41) is 5.87. The molecule has 0 fully saturated rings. The van der Waals surface area contributed by atoms with Crippen LogP contribution < -0.4 is 10.2 Å². The van der Waals surface area contributed by atoms with Gasteiger partial charge >= 0.3 is 6.36 Å². The number of hydrazone groups is 1. The second-order valence-corrected chi connectivity index (χ2v) is 4.72. The van der Waals surface area contributed by atoms with Crippen LogP contribution in [-0.4, -0.2) is 17.6 Å². The van der Waals surface area contributed by atoms with Crippen molar-refractivity contribution in [2.24, 2.45) is 5.10 Å². The third kappa shape index (κ3) is 4.42. The quantitative estimate of drug-likeness (QED) is 0.527. The zero-order valence-electron chi connectivity index (χ0n) is 10.6. The number of alkyl halides is 3. The van der Waals surface area contributed by atoms with Crippen LogP contribution in [-0.2, 0) is 0 Å². The summed E-state index contributed by atoms with van der Waals surface area (Å²) in [6, 6.07) is 3.13. The SMILES string of the molecule is Cc1csc(NN=Cc2c(F)cccc2OC(F)(F)F)n1. The van der Waals surface area contributed by atoms with E-state index in [0.717, 1.165) is 30.1 Å². The number of halogens is 4. The monoisotopic (exact) mass is 319 g/mol. The largest absolute Gasteiger partial charge is 0.573 e. The predicted octanol–water partition coefficient (Wildman–Crippen LogP) is 3.94. The Morgan fingerprint density at radius 1 is 1.38 bits per heavy atom. The van der Waals surface area contributed by atoms with Crippen LogP contribution in [0.4, 0.5) is 22.7 Å². The fourth-order valence-corrected chi connectivity index (χ4v) is 2.05. The Morgan fingerprint density at radius 2 is 2.14 bits per heavy atom.